The Hall–Kier alpha value is -0.600. The zero-order valence-electron chi connectivity index (χ0n) is 4.02. The lowest BCUT2D eigenvalue weighted by Crippen LogP contribution is -2.02. The predicted octanol–water partition coefficient (Wildman–Crippen LogP) is 0.819. The SMILES string of the molecule is CC(F)CC(=O)O. The van der Waals surface area contributed by atoms with Crippen LogP contribution in [0.4, 0.5) is 4.39 Å². The van der Waals surface area contributed by atoms with Crippen LogP contribution in [0.2, 0.25) is 0 Å². The molecule has 1 unspecified atom stereocenters. The van der Waals surface area contributed by atoms with E-state index in [4.69, 9.17) is 5.11 Å². The molecule has 0 saturated carbocycles. The minimum atomic E-state index is -1.22. The van der Waals surface area contributed by atoms with E-state index in [1.54, 1.807) is 0 Å². The summed E-state index contributed by atoms with van der Waals surface area (Å²) in [5.41, 5.74) is 0. The van der Waals surface area contributed by atoms with Crippen molar-refractivity contribution in [1.82, 2.24) is 0 Å². The molecule has 0 heterocycles. The van der Waals surface area contributed by atoms with E-state index >= 15 is 0 Å². The molecule has 42 valence electrons. The first-order valence-electron chi connectivity index (χ1n) is 1.99. The summed E-state index contributed by atoms with van der Waals surface area (Å²) in [6, 6.07) is 0. The Morgan fingerprint density at radius 2 is 2.43 bits per heavy atom. The zero-order valence-corrected chi connectivity index (χ0v) is 4.02. The normalized spacial score (nSPS) is 13.4. The lowest BCUT2D eigenvalue weighted by Gasteiger charge is -1.90. The summed E-state index contributed by atoms with van der Waals surface area (Å²) in [7, 11) is 0. The van der Waals surface area contributed by atoms with Crippen molar-refractivity contribution in [1.29, 1.82) is 0 Å². The van der Waals surface area contributed by atoms with Crippen LogP contribution in [0.5, 0.6) is 0 Å². The fourth-order valence-corrected chi connectivity index (χ4v) is 0.241. The Morgan fingerprint density at radius 3 is 2.43 bits per heavy atom. The van der Waals surface area contributed by atoms with Gasteiger partial charge in [-0.1, -0.05) is 0 Å². The van der Waals surface area contributed by atoms with E-state index < -0.39 is 12.1 Å². The van der Waals surface area contributed by atoms with Crippen LogP contribution in [0.1, 0.15) is 13.3 Å². The van der Waals surface area contributed by atoms with Crippen LogP contribution in [0.25, 0.3) is 0 Å². The molecule has 0 aliphatic carbocycles. The third-order valence-electron chi connectivity index (χ3n) is 0.456. The van der Waals surface area contributed by atoms with Gasteiger partial charge in [-0.05, 0) is 6.92 Å². The number of rotatable bonds is 2. The summed E-state index contributed by atoms with van der Waals surface area (Å²) in [6.07, 6.45) is -1.61. The van der Waals surface area contributed by atoms with Gasteiger partial charge < -0.3 is 5.11 Å². The van der Waals surface area contributed by atoms with E-state index in [2.05, 4.69) is 0 Å². The molecule has 0 aromatic rings. The summed E-state index contributed by atoms with van der Waals surface area (Å²) in [4.78, 5) is 9.57. The molecule has 1 atom stereocenters. The number of carbonyl (C=O) groups is 1. The lowest BCUT2D eigenvalue weighted by molar-refractivity contribution is -0.138. The second-order valence-corrected chi connectivity index (χ2v) is 1.38. The van der Waals surface area contributed by atoms with Gasteiger partial charge >= 0.3 is 5.97 Å². The highest BCUT2D eigenvalue weighted by Gasteiger charge is 2.02. The van der Waals surface area contributed by atoms with Crippen molar-refractivity contribution in [2.45, 2.75) is 19.5 Å². The maximum atomic E-state index is 11.6. The van der Waals surface area contributed by atoms with Gasteiger partial charge in [0, 0.05) is 0 Å². The number of carboxylic acid groups (broad SMARTS) is 1. The minimum absolute atomic E-state index is 0.389. The summed E-state index contributed by atoms with van der Waals surface area (Å²) in [5, 5.41) is 7.84. The van der Waals surface area contributed by atoms with Crippen LogP contribution < -0.4 is 0 Å². The first kappa shape index (κ1) is 6.40. The molecule has 0 aromatic heterocycles. The van der Waals surface area contributed by atoms with Crippen LogP contribution in [-0.2, 0) is 4.79 Å². The van der Waals surface area contributed by atoms with Crippen molar-refractivity contribution in [2.75, 3.05) is 0 Å². The highest BCUT2D eigenvalue weighted by Crippen LogP contribution is 1.92. The van der Waals surface area contributed by atoms with Gasteiger partial charge in [-0.3, -0.25) is 4.79 Å². The maximum Gasteiger partial charge on any atom is 0.306 e. The Balaban J connectivity index is 3.13. The molecule has 1 N–H and O–H groups in total. The van der Waals surface area contributed by atoms with E-state index in [0.717, 1.165) is 0 Å². The number of hydrogen-bond donors (Lipinski definition) is 1. The summed E-state index contributed by atoms with van der Waals surface area (Å²) in [6.45, 7) is 1.22. The van der Waals surface area contributed by atoms with E-state index in [0.29, 0.717) is 0 Å². The number of hydrogen-bond acceptors (Lipinski definition) is 1. The maximum absolute atomic E-state index is 11.6. The third kappa shape index (κ3) is 5.40. The van der Waals surface area contributed by atoms with Gasteiger partial charge in [0.15, 0.2) is 0 Å². The first-order chi connectivity index (χ1) is 3.13. The van der Waals surface area contributed by atoms with Gasteiger partial charge in [0.25, 0.3) is 0 Å². The van der Waals surface area contributed by atoms with Crippen LogP contribution >= 0.6 is 0 Å². The average molecular weight is 106 g/mol. The molecule has 7 heavy (non-hydrogen) atoms. The summed E-state index contributed by atoms with van der Waals surface area (Å²) < 4.78 is 11.6. The van der Waals surface area contributed by atoms with Crippen LogP contribution in [0.3, 0.4) is 0 Å². The highest BCUT2D eigenvalue weighted by molar-refractivity contribution is 5.67. The fourth-order valence-electron chi connectivity index (χ4n) is 0.241. The fraction of sp³-hybridized carbons (Fsp3) is 0.750. The minimum Gasteiger partial charge on any atom is -0.481 e. The topological polar surface area (TPSA) is 37.3 Å². The van der Waals surface area contributed by atoms with Crippen molar-refractivity contribution in [3.63, 3.8) is 0 Å². The Kier molecular flexibility index (Phi) is 2.33. The number of halogens is 1. The van der Waals surface area contributed by atoms with E-state index in [9.17, 15) is 9.18 Å². The van der Waals surface area contributed by atoms with E-state index in [1.165, 1.54) is 6.92 Å². The molecule has 0 fully saturated rings. The first-order valence-corrected chi connectivity index (χ1v) is 1.99. The summed E-state index contributed by atoms with van der Waals surface area (Å²) in [5.74, 6) is -1.09. The van der Waals surface area contributed by atoms with Gasteiger partial charge in [-0.15, -0.1) is 0 Å². The molecule has 0 rings (SSSR count). The second kappa shape index (κ2) is 2.55. The van der Waals surface area contributed by atoms with Crippen LogP contribution in [0, 0.1) is 0 Å². The number of carboxylic acids is 1. The molecule has 0 aliphatic heterocycles. The largest absolute Gasteiger partial charge is 0.481 e. The molecule has 2 nitrogen and oxygen atoms in total. The molecule has 0 bridgehead atoms. The molecule has 0 saturated heterocycles. The number of alkyl halides is 1. The van der Waals surface area contributed by atoms with Gasteiger partial charge in [0.2, 0.25) is 0 Å². The standard InChI is InChI=1S/C4H7FO2/c1-3(5)2-4(6)7/h3H,2H2,1H3,(H,6,7). The third-order valence-corrected chi connectivity index (χ3v) is 0.456. The Morgan fingerprint density at radius 1 is 2.00 bits per heavy atom. The van der Waals surface area contributed by atoms with E-state index in [-0.39, 0.29) is 6.42 Å². The quantitative estimate of drug-likeness (QED) is 0.565. The van der Waals surface area contributed by atoms with Crippen molar-refractivity contribution in [3.05, 3.63) is 0 Å². The molecule has 0 aromatic carbocycles. The van der Waals surface area contributed by atoms with Gasteiger partial charge in [0.1, 0.15) is 6.17 Å². The van der Waals surface area contributed by atoms with Gasteiger partial charge in [-0.2, -0.15) is 0 Å². The summed E-state index contributed by atoms with van der Waals surface area (Å²) >= 11 is 0. The molecular weight excluding hydrogens is 99.0 g/mol. The lowest BCUT2D eigenvalue weighted by atomic mass is 10.3. The monoisotopic (exact) mass is 106 g/mol. The molecule has 0 aliphatic rings. The second-order valence-electron chi connectivity index (χ2n) is 1.38. The van der Waals surface area contributed by atoms with Crippen LogP contribution in [-0.4, -0.2) is 17.2 Å². The highest BCUT2D eigenvalue weighted by atomic mass is 19.1. The molecule has 0 amide bonds. The zero-order chi connectivity index (χ0) is 5.86. The molecule has 0 spiro atoms. The molecule has 0 radical (unpaired) electrons. The van der Waals surface area contributed by atoms with Crippen molar-refractivity contribution >= 4 is 5.97 Å². The molecular formula is C4H7FO2. The smallest absolute Gasteiger partial charge is 0.306 e. The van der Waals surface area contributed by atoms with Gasteiger partial charge in [0.05, 0.1) is 6.42 Å². The molecule has 3 heteroatoms. The van der Waals surface area contributed by atoms with Crippen molar-refractivity contribution in [3.8, 4) is 0 Å². The van der Waals surface area contributed by atoms with Gasteiger partial charge in [-0.25, -0.2) is 4.39 Å². The van der Waals surface area contributed by atoms with Crippen molar-refractivity contribution in [2.24, 2.45) is 0 Å². The van der Waals surface area contributed by atoms with Crippen molar-refractivity contribution < 1.29 is 14.3 Å². The van der Waals surface area contributed by atoms with E-state index in [1.807, 2.05) is 0 Å². The van der Waals surface area contributed by atoms with Crippen LogP contribution in [0.15, 0.2) is 0 Å². The number of aliphatic carboxylic acids is 1. The Labute approximate surface area is 41.0 Å². The predicted molar refractivity (Wildman–Crippen MR) is 22.8 cm³/mol. The average Bonchev–Trinajstić information content (AvgIpc) is 1.27. The Bertz CT molecular complexity index is 70.1.